The van der Waals surface area contributed by atoms with Crippen LogP contribution in [0.3, 0.4) is 0 Å². The van der Waals surface area contributed by atoms with E-state index in [2.05, 4.69) is 10.3 Å². The predicted molar refractivity (Wildman–Crippen MR) is 77.4 cm³/mol. The minimum absolute atomic E-state index is 0.173. The molecule has 0 saturated heterocycles. The molecule has 3 rings (SSSR count). The first-order valence-electron chi connectivity index (χ1n) is 6.29. The number of aromatic amines is 1. The van der Waals surface area contributed by atoms with Gasteiger partial charge in [0.05, 0.1) is 5.69 Å². The summed E-state index contributed by atoms with van der Waals surface area (Å²) in [7, 11) is 0. The first-order valence-corrected chi connectivity index (χ1v) is 6.29. The van der Waals surface area contributed by atoms with Crippen LogP contribution in [0.15, 0.2) is 48.5 Å². The smallest absolute Gasteiger partial charge is 0.272 e. The molecule has 20 heavy (non-hydrogen) atoms. The summed E-state index contributed by atoms with van der Waals surface area (Å²) in [5.74, 6) is -0.809. The molecule has 1 amide bonds. The van der Waals surface area contributed by atoms with E-state index in [1.165, 1.54) is 12.1 Å². The fourth-order valence-electron chi connectivity index (χ4n) is 2.12. The Balaban J connectivity index is 1.91. The molecule has 0 atom stereocenters. The van der Waals surface area contributed by atoms with Gasteiger partial charge in [-0.25, -0.2) is 4.39 Å². The number of hydrogen-bond donors (Lipinski definition) is 2. The van der Waals surface area contributed by atoms with Crippen molar-refractivity contribution >= 4 is 22.5 Å². The first-order chi connectivity index (χ1) is 9.63. The van der Waals surface area contributed by atoms with E-state index in [1.807, 2.05) is 25.1 Å². The summed E-state index contributed by atoms with van der Waals surface area (Å²) in [6.07, 6.45) is 0. The zero-order valence-electron chi connectivity index (χ0n) is 10.9. The molecule has 0 aliphatic rings. The lowest BCUT2D eigenvalue weighted by molar-refractivity contribution is 0.102. The fraction of sp³-hybridized carbons (Fsp3) is 0.0625. The maximum absolute atomic E-state index is 13.5. The highest BCUT2D eigenvalue weighted by molar-refractivity contribution is 6.06. The van der Waals surface area contributed by atoms with E-state index in [0.717, 1.165) is 16.5 Å². The zero-order chi connectivity index (χ0) is 14.1. The molecule has 1 heterocycles. The lowest BCUT2D eigenvalue weighted by atomic mass is 10.2. The SMILES string of the molecule is Cc1ccc2cc(C(=O)Nc3ccccc3F)[nH]c2c1. The van der Waals surface area contributed by atoms with Crippen LogP contribution >= 0.6 is 0 Å². The standard InChI is InChI=1S/C16H13FN2O/c1-10-6-7-11-9-15(18-14(11)8-10)16(20)19-13-5-3-2-4-12(13)17/h2-9,18H,1H3,(H,19,20). The number of anilines is 1. The monoisotopic (exact) mass is 268 g/mol. The molecule has 0 aliphatic carbocycles. The Bertz CT molecular complexity index is 792. The Labute approximate surface area is 115 Å². The van der Waals surface area contributed by atoms with E-state index in [1.54, 1.807) is 18.2 Å². The number of fused-ring (bicyclic) bond motifs is 1. The number of carbonyl (C=O) groups is 1. The summed E-state index contributed by atoms with van der Waals surface area (Å²) >= 11 is 0. The van der Waals surface area contributed by atoms with Gasteiger partial charge in [0.25, 0.3) is 5.91 Å². The molecule has 0 unspecified atom stereocenters. The highest BCUT2D eigenvalue weighted by Gasteiger charge is 2.11. The van der Waals surface area contributed by atoms with E-state index in [0.29, 0.717) is 5.69 Å². The lowest BCUT2D eigenvalue weighted by Crippen LogP contribution is -2.13. The third-order valence-electron chi connectivity index (χ3n) is 3.14. The van der Waals surface area contributed by atoms with E-state index in [-0.39, 0.29) is 11.6 Å². The van der Waals surface area contributed by atoms with Gasteiger partial charge in [0.15, 0.2) is 0 Å². The van der Waals surface area contributed by atoms with Crippen LogP contribution in [0.4, 0.5) is 10.1 Å². The van der Waals surface area contributed by atoms with Crippen molar-refractivity contribution in [2.24, 2.45) is 0 Å². The topological polar surface area (TPSA) is 44.9 Å². The largest absolute Gasteiger partial charge is 0.351 e. The summed E-state index contributed by atoms with van der Waals surface area (Å²) in [5, 5.41) is 3.51. The summed E-state index contributed by atoms with van der Waals surface area (Å²) in [5.41, 5.74) is 2.59. The Kier molecular flexibility index (Phi) is 2.99. The molecule has 3 nitrogen and oxygen atoms in total. The highest BCUT2D eigenvalue weighted by Crippen LogP contribution is 2.19. The van der Waals surface area contributed by atoms with Gasteiger partial charge in [-0.05, 0) is 36.8 Å². The van der Waals surface area contributed by atoms with Gasteiger partial charge in [0.2, 0.25) is 0 Å². The number of aryl methyl sites for hydroxylation is 1. The van der Waals surface area contributed by atoms with Crippen LogP contribution in [0.5, 0.6) is 0 Å². The van der Waals surface area contributed by atoms with Crippen molar-refractivity contribution < 1.29 is 9.18 Å². The molecule has 0 fully saturated rings. The summed E-state index contributed by atoms with van der Waals surface area (Å²) in [6, 6.07) is 13.7. The summed E-state index contributed by atoms with van der Waals surface area (Å²) < 4.78 is 13.5. The van der Waals surface area contributed by atoms with Gasteiger partial charge in [0.1, 0.15) is 11.5 Å². The minimum atomic E-state index is -0.451. The van der Waals surface area contributed by atoms with Crippen molar-refractivity contribution in [3.63, 3.8) is 0 Å². The molecular formula is C16H13FN2O. The molecule has 0 spiro atoms. The summed E-state index contributed by atoms with van der Waals surface area (Å²) in [6.45, 7) is 1.99. The number of benzene rings is 2. The van der Waals surface area contributed by atoms with Crippen molar-refractivity contribution in [3.8, 4) is 0 Å². The quantitative estimate of drug-likeness (QED) is 0.728. The van der Waals surface area contributed by atoms with Crippen LogP contribution in [-0.2, 0) is 0 Å². The normalized spacial score (nSPS) is 10.7. The molecule has 3 aromatic rings. The molecule has 4 heteroatoms. The van der Waals surface area contributed by atoms with E-state index in [9.17, 15) is 9.18 Å². The summed E-state index contributed by atoms with van der Waals surface area (Å²) in [4.78, 5) is 15.2. The Morgan fingerprint density at radius 2 is 1.95 bits per heavy atom. The van der Waals surface area contributed by atoms with E-state index >= 15 is 0 Å². The van der Waals surface area contributed by atoms with Gasteiger partial charge in [-0.15, -0.1) is 0 Å². The second-order valence-corrected chi connectivity index (χ2v) is 4.71. The second-order valence-electron chi connectivity index (χ2n) is 4.71. The van der Waals surface area contributed by atoms with Gasteiger partial charge in [-0.3, -0.25) is 4.79 Å². The number of para-hydroxylation sites is 1. The van der Waals surface area contributed by atoms with Crippen molar-refractivity contribution in [1.82, 2.24) is 4.98 Å². The number of halogens is 1. The zero-order valence-corrected chi connectivity index (χ0v) is 10.9. The predicted octanol–water partition coefficient (Wildman–Crippen LogP) is 3.87. The maximum atomic E-state index is 13.5. The van der Waals surface area contributed by atoms with Crippen LogP contribution in [-0.4, -0.2) is 10.9 Å². The minimum Gasteiger partial charge on any atom is -0.351 e. The van der Waals surface area contributed by atoms with Gasteiger partial charge in [0, 0.05) is 10.9 Å². The number of nitrogens with one attached hydrogen (secondary N) is 2. The van der Waals surface area contributed by atoms with Crippen molar-refractivity contribution in [2.75, 3.05) is 5.32 Å². The third-order valence-corrected chi connectivity index (χ3v) is 3.14. The van der Waals surface area contributed by atoms with Crippen LogP contribution in [0.1, 0.15) is 16.1 Å². The van der Waals surface area contributed by atoms with Crippen molar-refractivity contribution in [2.45, 2.75) is 6.92 Å². The second kappa shape index (κ2) is 4.81. The van der Waals surface area contributed by atoms with E-state index in [4.69, 9.17) is 0 Å². The molecule has 0 aliphatic heterocycles. The molecule has 0 bridgehead atoms. The Morgan fingerprint density at radius 1 is 1.15 bits per heavy atom. The van der Waals surface area contributed by atoms with Crippen molar-refractivity contribution in [3.05, 3.63) is 65.6 Å². The number of amides is 1. The van der Waals surface area contributed by atoms with Gasteiger partial charge < -0.3 is 10.3 Å². The number of carbonyl (C=O) groups excluding carboxylic acids is 1. The molecule has 0 saturated carbocycles. The molecule has 100 valence electrons. The highest BCUT2D eigenvalue weighted by atomic mass is 19.1. The average Bonchev–Trinajstić information content (AvgIpc) is 2.84. The number of H-pyrrole nitrogens is 1. The lowest BCUT2D eigenvalue weighted by Gasteiger charge is -2.04. The molecule has 1 aromatic heterocycles. The number of rotatable bonds is 2. The molecule has 0 radical (unpaired) electrons. The van der Waals surface area contributed by atoms with Crippen LogP contribution in [0.25, 0.3) is 10.9 Å². The maximum Gasteiger partial charge on any atom is 0.272 e. The van der Waals surface area contributed by atoms with Crippen molar-refractivity contribution in [1.29, 1.82) is 0 Å². The molecule has 2 N–H and O–H groups in total. The van der Waals surface area contributed by atoms with Gasteiger partial charge in [-0.1, -0.05) is 24.3 Å². The van der Waals surface area contributed by atoms with Gasteiger partial charge >= 0.3 is 0 Å². The third kappa shape index (κ3) is 2.28. The van der Waals surface area contributed by atoms with E-state index < -0.39 is 5.82 Å². The Morgan fingerprint density at radius 3 is 2.75 bits per heavy atom. The van der Waals surface area contributed by atoms with Crippen LogP contribution < -0.4 is 5.32 Å². The first kappa shape index (κ1) is 12.4. The van der Waals surface area contributed by atoms with Gasteiger partial charge in [-0.2, -0.15) is 0 Å². The fourth-order valence-corrected chi connectivity index (χ4v) is 2.12. The molecule has 2 aromatic carbocycles. The average molecular weight is 268 g/mol. The Hall–Kier alpha value is -2.62. The number of hydrogen-bond acceptors (Lipinski definition) is 1. The molecular weight excluding hydrogens is 255 g/mol. The number of aromatic nitrogens is 1. The van der Waals surface area contributed by atoms with Crippen LogP contribution in [0, 0.1) is 12.7 Å². The van der Waals surface area contributed by atoms with Crippen LogP contribution in [0.2, 0.25) is 0 Å².